The summed E-state index contributed by atoms with van der Waals surface area (Å²) in [4.78, 5) is 24.2. The number of halogens is 7. The molecule has 2 aliphatic carbocycles. The van der Waals surface area contributed by atoms with E-state index in [-0.39, 0.29) is 23.2 Å². The molecule has 8 nitrogen and oxygen atoms in total. The molecule has 3 unspecified atom stereocenters. The number of methoxy groups -OCH3 is 2. The summed E-state index contributed by atoms with van der Waals surface area (Å²) in [5.41, 5.74) is -0.397. The minimum absolute atomic E-state index is 0.0817. The first-order chi connectivity index (χ1) is 21.1. The largest absolute Gasteiger partial charge is 0.493 e. The van der Waals surface area contributed by atoms with Crippen LogP contribution in [-0.4, -0.2) is 67.6 Å². The third kappa shape index (κ3) is 8.10. The number of likely N-dealkylation sites (tertiary alicyclic amines) is 1. The summed E-state index contributed by atoms with van der Waals surface area (Å²) in [6.07, 6.45) is -4.12. The molecule has 2 amide bonds. The summed E-state index contributed by atoms with van der Waals surface area (Å²) >= 11 is 0. The van der Waals surface area contributed by atoms with Crippen LogP contribution in [0.5, 0.6) is 11.5 Å². The lowest BCUT2D eigenvalue weighted by atomic mass is 9.65. The second-order valence-electron chi connectivity index (χ2n) is 11.5. The normalized spacial score (nSPS) is 23.3. The molecule has 0 spiro atoms. The predicted molar refractivity (Wildman–Crippen MR) is 149 cm³/mol. The van der Waals surface area contributed by atoms with Crippen LogP contribution in [0, 0.1) is 11.7 Å². The average Bonchev–Trinajstić information content (AvgIpc) is 3.72. The number of carbonyl (C=O) groups excluding carboxylic acids is 1. The van der Waals surface area contributed by atoms with E-state index in [1.807, 2.05) is 6.07 Å². The molecular weight excluding hydrogens is 615 g/mol. The number of nitrogens with zero attached hydrogens (tertiary/aromatic N) is 1. The van der Waals surface area contributed by atoms with Crippen molar-refractivity contribution in [2.45, 2.75) is 68.4 Å². The number of carbonyl (C=O) groups is 2. The van der Waals surface area contributed by atoms with Crippen LogP contribution < -0.4 is 20.1 Å². The van der Waals surface area contributed by atoms with E-state index in [9.17, 15) is 35.5 Å². The van der Waals surface area contributed by atoms with Gasteiger partial charge in [-0.15, -0.1) is 0 Å². The zero-order valence-corrected chi connectivity index (χ0v) is 24.5. The number of carboxylic acid groups (broad SMARTS) is 1. The molecular formula is C30H34F7N3O5. The van der Waals surface area contributed by atoms with Crippen molar-refractivity contribution in [2.75, 3.05) is 32.6 Å². The third-order valence-electron chi connectivity index (χ3n) is 8.63. The molecule has 3 fully saturated rings. The molecule has 3 N–H and O–H groups in total. The second-order valence-corrected chi connectivity index (χ2v) is 11.5. The number of nitrogens with one attached hydrogen (secondary N) is 2. The van der Waals surface area contributed by atoms with Crippen molar-refractivity contribution in [2.24, 2.45) is 5.92 Å². The van der Waals surface area contributed by atoms with Crippen LogP contribution in [0.2, 0.25) is 0 Å². The van der Waals surface area contributed by atoms with E-state index in [0.29, 0.717) is 29.5 Å². The predicted octanol–water partition coefficient (Wildman–Crippen LogP) is 6.59. The van der Waals surface area contributed by atoms with Gasteiger partial charge >= 0.3 is 24.4 Å². The van der Waals surface area contributed by atoms with Gasteiger partial charge in [-0.1, -0.05) is 6.07 Å². The van der Waals surface area contributed by atoms with Gasteiger partial charge in [0.05, 0.1) is 19.8 Å². The Labute approximate surface area is 254 Å². The van der Waals surface area contributed by atoms with E-state index >= 15 is 0 Å². The number of ether oxygens (including phenoxy) is 2. The van der Waals surface area contributed by atoms with Gasteiger partial charge < -0.3 is 25.2 Å². The van der Waals surface area contributed by atoms with Crippen LogP contribution in [0.15, 0.2) is 36.4 Å². The molecule has 1 heterocycles. The van der Waals surface area contributed by atoms with E-state index in [2.05, 4.69) is 27.7 Å². The first-order valence-corrected chi connectivity index (χ1v) is 14.3. The monoisotopic (exact) mass is 649 g/mol. The van der Waals surface area contributed by atoms with Crippen molar-refractivity contribution in [3.8, 4) is 11.5 Å². The number of benzene rings is 2. The molecule has 0 bridgehead atoms. The maximum atomic E-state index is 13.6. The van der Waals surface area contributed by atoms with E-state index < -0.39 is 35.7 Å². The number of carboxylic acids is 1. The first-order valence-electron chi connectivity index (χ1n) is 14.3. The summed E-state index contributed by atoms with van der Waals surface area (Å²) < 4.78 is 95.6. The maximum absolute atomic E-state index is 13.6. The zero-order chi connectivity index (χ0) is 33.2. The Morgan fingerprint density at radius 3 is 2.22 bits per heavy atom. The van der Waals surface area contributed by atoms with Crippen molar-refractivity contribution in [1.29, 1.82) is 0 Å². The molecule has 3 atom stereocenters. The van der Waals surface area contributed by atoms with Gasteiger partial charge in [-0.25, -0.2) is 14.0 Å². The molecule has 15 heteroatoms. The Balaban J connectivity index is 0.000000591. The molecule has 3 aliphatic rings. The van der Waals surface area contributed by atoms with Gasteiger partial charge in [0.1, 0.15) is 5.82 Å². The van der Waals surface area contributed by atoms with Crippen molar-refractivity contribution in [1.82, 2.24) is 10.2 Å². The number of hydrogen-bond acceptors (Lipinski definition) is 5. The van der Waals surface area contributed by atoms with Crippen molar-refractivity contribution in [3.05, 3.63) is 53.3 Å². The number of amides is 2. The highest BCUT2D eigenvalue weighted by atomic mass is 19.4. The Kier molecular flexibility index (Phi) is 10.1. The van der Waals surface area contributed by atoms with E-state index in [4.69, 9.17) is 19.4 Å². The molecule has 2 aromatic rings. The Bertz CT molecular complexity index is 1380. The molecule has 0 radical (unpaired) electrons. The van der Waals surface area contributed by atoms with E-state index in [1.165, 1.54) is 18.4 Å². The van der Waals surface area contributed by atoms with Crippen LogP contribution in [-0.2, 0) is 16.4 Å². The number of hydrogen-bond donors (Lipinski definition) is 3. The lowest BCUT2D eigenvalue weighted by molar-refractivity contribution is -0.192. The van der Waals surface area contributed by atoms with Gasteiger partial charge in [-0.2, -0.15) is 26.3 Å². The number of urea groups is 1. The average molecular weight is 650 g/mol. The summed E-state index contributed by atoms with van der Waals surface area (Å²) in [6, 6.07) is 8.05. The lowest BCUT2D eigenvalue weighted by Gasteiger charge is -2.45. The Hall–Kier alpha value is -3.75. The standard InChI is InChI=1S/C28H33F4N3O3.C2HF3O2/c1-37-23-8-5-18(13-24(23)38-2)27-10-9-20(15-25(27)35(12-11-27)16-17-3-4-17)34-26(36)33-19-6-7-22(29)21(14-19)28(30,31)32;3-2(4,5)1(6)7/h5-8,13-14,17,20,25H,3-4,9-12,15-16H2,1-2H3,(H2,33,34,36);(H,6,7). The minimum atomic E-state index is -5.08. The topological polar surface area (TPSA) is 100 Å². The van der Waals surface area contributed by atoms with Gasteiger partial charge in [0.25, 0.3) is 0 Å². The summed E-state index contributed by atoms with van der Waals surface area (Å²) in [6.45, 7) is 2.01. The fourth-order valence-electron chi connectivity index (χ4n) is 6.28. The van der Waals surface area contributed by atoms with Gasteiger partial charge in [0.15, 0.2) is 11.5 Å². The first kappa shape index (κ1) is 34.1. The van der Waals surface area contributed by atoms with Gasteiger partial charge in [-0.3, -0.25) is 4.90 Å². The number of alkyl halides is 6. The SMILES string of the molecule is COc1ccc(C23CCC(NC(=O)Nc4ccc(F)c(C(F)(F)F)c4)CC2N(CC2CC2)CC3)cc1OC.O=C(O)C(F)(F)F. The maximum Gasteiger partial charge on any atom is 0.490 e. The fraction of sp³-hybridized carbons (Fsp3) is 0.533. The molecule has 248 valence electrons. The molecule has 1 aliphatic heterocycles. The smallest absolute Gasteiger partial charge is 0.490 e. The summed E-state index contributed by atoms with van der Waals surface area (Å²) in [5, 5.41) is 12.5. The van der Waals surface area contributed by atoms with Gasteiger partial charge in [0, 0.05) is 29.7 Å². The van der Waals surface area contributed by atoms with Crippen LogP contribution in [0.1, 0.15) is 49.7 Å². The van der Waals surface area contributed by atoms with Gasteiger partial charge in [0.2, 0.25) is 0 Å². The molecule has 45 heavy (non-hydrogen) atoms. The van der Waals surface area contributed by atoms with Crippen LogP contribution >= 0.6 is 0 Å². The highest BCUT2D eigenvalue weighted by molar-refractivity contribution is 5.89. The van der Waals surface area contributed by atoms with E-state index in [0.717, 1.165) is 44.8 Å². The van der Waals surface area contributed by atoms with Crippen molar-refractivity contribution < 1.29 is 54.9 Å². The molecule has 5 rings (SSSR count). The quantitative estimate of drug-likeness (QED) is 0.293. The fourth-order valence-corrected chi connectivity index (χ4v) is 6.28. The zero-order valence-electron chi connectivity index (χ0n) is 24.5. The molecule has 2 aromatic carbocycles. The minimum Gasteiger partial charge on any atom is -0.493 e. The van der Waals surface area contributed by atoms with Crippen molar-refractivity contribution >= 4 is 17.7 Å². The van der Waals surface area contributed by atoms with Crippen molar-refractivity contribution in [3.63, 3.8) is 0 Å². The van der Waals surface area contributed by atoms with Crippen LogP contribution in [0.4, 0.5) is 41.2 Å². The number of rotatable bonds is 7. The highest BCUT2D eigenvalue weighted by Gasteiger charge is 2.52. The van der Waals surface area contributed by atoms with E-state index in [1.54, 1.807) is 14.2 Å². The second kappa shape index (κ2) is 13.3. The van der Waals surface area contributed by atoms with Crippen LogP contribution in [0.3, 0.4) is 0 Å². The molecule has 0 aromatic heterocycles. The Morgan fingerprint density at radius 1 is 0.978 bits per heavy atom. The Morgan fingerprint density at radius 2 is 1.64 bits per heavy atom. The van der Waals surface area contributed by atoms with Gasteiger partial charge in [-0.05, 0) is 86.9 Å². The third-order valence-corrected chi connectivity index (χ3v) is 8.63. The summed E-state index contributed by atoms with van der Waals surface area (Å²) in [5.74, 6) is -2.05. The number of anilines is 1. The molecule has 1 saturated heterocycles. The molecule has 2 saturated carbocycles. The summed E-state index contributed by atoms with van der Waals surface area (Å²) in [7, 11) is 3.24. The number of fused-ring (bicyclic) bond motifs is 1. The highest BCUT2D eigenvalue weighted by Crippen LogP contribution is 2.51. The number of aliphatic carboxylic acids is 1. The lowest BCUT2D eigenvalue weighted by Crippen LogP contribution is -2.53. The van der Waals surface area contributed by atoms with Crippen LogP contribution in [0.25, 0.3) is 0 Å².